The fourth-order valence-corrected chi connectivity index (χ4v) is 3.21. The number of hydrogen-bond donors (Lipinski definition) is 2. The van der Waals surface area contributed by atoms with Crippen LogP contribution < -0.4 is 14.8 Å². The van der Waals surface area contributed by atoms with Gasteiger partial charge < -0.3 is 29.7 Å². The molecule has 0 saturated heterocycles. The predicted octanol–water partition coefficient (Wildman–Crippen LogP) is 2.58. The molecule has 2 N–H and O–H groups in total. The number of hydrogen-bond acceptors (Lipinski definition) is 8. The van der Waals surface area contributed by atoms with E-state index in [0.29, 0.717) is 12.8 Å². The third kappa shape index (κ3) is 9.11. The maximum Gasteiger partial charge on any atom is 0.573 e. The highest BCUT2D eigenvalue weighted by Crippen LogP contribution is 2.27. The van der Waals surface area contributed by atoms with Crippen molar-refractivity contribution >= 4 is 19.0 Å². The van der Waals surface area contributed by atoms with Gasteiger partial charge in [-0.1, -0.05) is 6.07 Å². The third-order valence-electron chi connectivity index (χ3n) is 5.02. The summed E-state index contributed by atoms with van der Waals surface area (Å²) in [6, 6.07) is 6.65. The molecule has 37 heavy (non-hydrogen) atoms. The zero-order valence-corrected chi connectivity index (χ0v) is 20.4. The maximum absolute atomic E-state index is 13.5. The van der Waals surface area contributed by atoms with Gasteiger partial charge in [0.05, 0.1) is 0 Å². The normalized spacial score (nSPS) is 11.7. The van der Waals surface area contributed by atoms with Gasteiger partial charge in [0.2, 0.25) is 6.41 Å². The van der Waals surface area contributed by atoms with Crippen molar-refractivity contribution in [1.29, 1.82) is 0 Å². The Morgan fingerprint density at radius 1 is 1.30 bits per heavy atom. The number of benzene rings is 1. The van der Waals surface area contributed by atoms with Crippen LogP contribution in [0.4, 0.5) is 13.2 Å². The van der Waals surface area contributed by atoms with Crippen molar-refractivity contribution in [2.75, 3.05) is 26.9 Å². The number of aryl methyl sites for hydroxylation is 1. The van der Waals surface area contributed by atoms with E-state index in [2.05, 4.69) is 26.7 Å². The van der Waals surface area contributed by atoms with Crippen molar-refractivity contribution in [3.05, 3.63) is 65.4 Å². The maximum atomic E-state index is 13.5. The SMILES string of the molecule is C=N/C(NC=O)=C(/C(=O)N(C)CCCO)N(COc1cccc(OC(F)(F)F)c1)Cc1ccncc1C. The second-order valence-electron chi connectivity index (χ2n) is 7.72. The van der Waals surface area contributed by atoms with Crippen LogP contribution in [0.5, 0.6) is 11.5 Å². The standard InChI is InChI=1S/C24H28F3N5O5/c1-17-13-29-9-8-18(17)14-32(16-36-19-6-4-7-20(12-19)37-24(25,26)27)21(22(28-2)30-15-34)23(35)31(3)10-5-11-33/h4,6-9,12-13,15,33H,2,5,10-11,14,16H2,1,3H3,(H,30,34)/b22-21+. The van der Waals surface area contributed by atoms with E-state index in [9.17, 15) is 22.8 Å². The number of aliphatic hydroxyl groups excluding tert-OH is 1. The van der Waals surface area contributed by atoms with Crippen molar-refractivity contribution in [3.63, 3.8) is 0 Å². The summed E-state index contributed by atoms with van der Waals surface area (Å²) in [7, 11) is 1.51. The van der Waals surface area contributed by atoms with Gasteiger partial charge in [-0.05, 0) is 49.4 Å². The van der Waals surface area contributed by atoms with E-state index < -0.39 is 18.0 Å². The topological polar surface area (TPSA) is 117 Å². The highest BCUT2D eigenvalue weighted by molar-refractivity contribution is 5.93. The molecular formula is C24H28F3N5O5. The van der Waals surface area contributed by atoms with Crippen LogP contribution in [0, 0.1) is 6.92 Å². The molecule has 0 aliphatic heterocycles. The van der Waals surface area contributed by atoms with Gasteiger partial charge in [0.1, 0.15) is 17.2 Å². The van der Waals surface area contributed by atoms with E-state index in [1.165, 1.54) is 29.0 Å². The van der Waals surface area contributed by atoms with Gasteiger partial charge in [-0.15, -0.1) is 13.2 Å². The molecule has 0 aliphatic rings. The first-order chi connectivity index (χ1) is 17.6. The Morgan fingerprint density at radius 2 is 2.03 bits per heavy atom. The quantitative estimate of drug-likeness (QED) is 0.169. The molecule has 0 radical (unpaired) electrons. The number of likely N-dealkylation sites (N-methyl/N-ethyl adjacent to an activating group) is 1. The number of ether oxygens (including phenoxy) is 2. The Morgan fingerprint density at radius 3 is 2.65 bits per heavy atom. The van der Waals surface area contributed by atoms with E-state index in [-0.39, 0.29) is 43.7 Å². The number of amides is 2. The van der Waals surface area contributed by atoms with E-state index in [0.717, 1.165) is 23.3 Å². The molecule has 0 saturated carbocycles. The lowest BCUT2D eigenvalue weighted by atomic mass is 10.1. The van der Waals surface area contributed by atoms with Crippen LogP contribution in [0.15, 0.2) is 59.2 Å². The fourth-order valence-electron chi connectivity index (χ4n) is 3.21. The molecule has 0 spiro atoms. The van der Waals surface area contributed by atoms with Gasteiger partial charge in [-0.2, -0.15) is 0 Å². The van der Waals surface area contributed by atoms with Crippen LogP contribution in [0.1, 0.15) is 17.5 Å². The number of nitrogens with zero attached hydrogens (tertiary/aromatic N) is 4. The van der Waals surface area contributed by atoms with Crippen molar-refractivity contribution in [2.45, 2.75) is 26.3 Å². The molecule has 0 aliphatic carbocycles. The van der Waals surface area contributed by atoms with Gasteiger partial charge in [0.15, 0.2) is 12.6 Å². The minimum atomic E-state index is -4.88. The molecule has 2 amide bonds. The molecule has 2 aromatic rings. The molecule has 0 bridgehead atoms. The second-order valence-corrected chi connectivity index (χ2v) is 7.72. The number of alkyl halides is 3. The molecule has 1 aromatic heterocycles. The van der Waals surface area contributed by atoms with Crippen molar-refractivity contribution in [1.82, 2.24) is 20.1 Å². The number of aliphatic imine (C=N–C) groups is 1. The molecule has 1 heterocycles. The Kier molecular flexibility index (Phi) is 10.9. The Bertz CT molecular complexity index is 1110. The number of halogens is 3. The van der Waals surface area contributed by atoms with E-state index in [4.69, 9.17) is 9.84 Å². The van der Waals surface area contributed by atoms with Crippen molar-refractivity contribution in [2.24, 2.45) is 4.99 Å². The molecule has 13 heteroatoms. The third-order valence-corrected chi connectivity index (χ3v) is 5.02. The summed E-state index contributed by atoms with van der Waals surface area (Å²) < 4.78 is 47.6. The van der Waals surface area contributed by atoms with Gasteiger partial charge in [0, 0.05) is 45.2 Å². The van der Waals surface area contributed by atoms with Crippen LogP contribution in [-0.4, -0.2) is 72.2 Å². The highest BCUT2D eigenvalue weighted by atomic mass is 19.4. The number of carbonyl (C=O) groups is 2. The average molecular weight is 524 g/mol. The molecule has 1 aromatic carbocycles. The Balaban J connectivity index is 2.48. The summed E-state index contributed by atoms with van der Waals surface area (Å²) in [5.41, 5.74) is 1.47. The zero-order valence-electron chi connectivity index (χ0n) is 20.4. The van der Waals surface area contributed by atoms with Gasteiger partial charge in [0.25, 0.3) is 5.91 Å². The van der Waals surface area contributed by atoms with Crippen molar-refractivity contribution in [3.8, 4) is 11.5 Å². The molecular weight excluding hydrogens is 495 g/mol. The number of rotatable bonds is 14. The van der Waals surface area contributed by atoms with Crippen LogP contribution in [0.25, 0.3) is 0 Å². The molecule has 0 unspecified atom stereocenters. The lowest BCUT2D eigenvalue weighted by Gasteiger charge is -2.30. The van der Waals surface area contributed by atoms with E-state index >= 15 is 0 Å². The van der Waals surface area contributed by atoms with E-state index in [1.54, 1.807) is 18.5 Å². The molecule has 0 atom stereocenters. The van der Waals surface area contributed by atoms with Crippen LogP contribution >= 0.6 is 0 Å². The Labute approximate surface area is 212 Å². The Hall–Kier alpha value is -4.13. The van der Waals surface area contributed by atoms with Gasteiger partial charge >= 0.3 is 6.36 Å². The summed E-state index contributed by atoms with van der Waals surface area (Å²) >= 11 is 0. The van der Waals surface area contributed by atoms with Gasteiger partial charge in [-0.3, -0.25) is 14.6 Å². The monoisotopic (exact) mass is 523 g/mol. The second kappa shape index (κ2) is 13.8. The summed E-state index contributed by atoms with van der Waals surface area (Å²) in [5.74, 6) is -1.15. The van der Waals surface area contributed by atoms with Crippen LogP contribution in [0.2, 0.25) is 0 Å². The average Bonchev–Trinajstić information content (AvgIpc) is 2.85. The highest BCUT2D eigenvalue weighted by Gasteiger charge is 2.31. The first-order valence-corrected chi connectivity index (χ1v) is 11.0. The minimum Gasteiger partial charge on any atom is -0.473 e. The van der Waals surface area contributed by atoms with Crippen LogP contribution in [0.3, 0.4) is 0 Å². The molecule has 2 rings (SSSR count). The first kappa shape index (κ1) is 29.1. The number of pyridine rings is 1. The molecule has 0 fully saturated rings. The lowest BCUT2D eigenvalue weighted by molar-refractivity contribution is -0.274. The largest absolute Gasteiger partial charge is 0.573 e. The summed E-state index contributed by atoms with van der Waals surface area (Å²) in [6.07, 6.45) is -1.05. The first-order valence-electron chi connectivity index (χ1n) is 11.0. The minimum absolute atomic E-state index is 0.0371. The van der Waals surface area contributed by atoms with E-state index in [1.807, 2.05) is 6.92 Å². The number of nitrogens with one attached hydrogen (secondary N) is 1. The zero-order chi connectivity index (χ0) is 27.4. The predicted molar refractivity (Wildman–Crippen MR) is 128 cm³/mol. The summed E-state index contributed by atoms with van der Waals surface area (Å²) in [4.78, 5) is 35.3. The molecule has 200 valence electrons. The van der Waals surface area contributed by atoms with Crippen molar-refractivity contribution < 1.29 is 37.3 Å². The summed E-state index contributed by atoms with van der Waals surface area (Å²) in [5, 5.41) is 11.5. The summed E-state index contributed by atoms with van der Waals surface area (Å²) in [6.45, 7) is 5.06. The number of carbonyl (C=O) groups excluding carboxylic acids is 2. The van der Waals surface area contributed by atoms with Crippen LogP contribution in [-0.2, 0) is 16.1 Å². The lowest BCUT2D eigenvalue weighted by Crippen LogP contribution is -2.40. The number of aliphatic hydroxyl groups is 1. The number of aromatic nitrogens is 1. The fraction of sp³-hybridized carbons (Fsp3) is 0.333. The smallest absolute Gasteiger partial charge is 0.473 e. The molecule has 10 nitrogen and oxygen atoms in total. The van der Waals surface area contributed by atoms with Gasteiger partial charge in [-0.25, -0.2) is 4.99 Å².